The third kappa shape index (κ3) is 5.59. The standard InChI is InChI=1S/C11H23O/c1-9(11(5,6)7)12-8-10(2,3)4/h9H,2,8H2,1,3-7H3. The zero-order chi connectivity index (χ0) is 9.99. The van der Waals surface area contributed by atoms with E-state index in [4.69, 9.17) is 4.74 Å². The van der Waals surface area contributed by atoms with Crippen molar-refractivity contribution < 1.29 is 4.74 Å². The van der Waals surface area contributed by atoms with Crippen molar-refractivity contribution in [3.63, 3.8) is 0 Å². The van der Waals surface area contributed by atoms with Crippen LogP contribution in [0.25, 0.3) is 0 Å². The second-order valence-corrected chi connectivity index (χ2v) is 5.48. The Labute approximate surface area is 77.5 Å². The zero-order valence-electron chi connectivity index (χ0n) is 9.40. The van der Waals surface area contributed by atoms with Gasteiger partial charge < -0.3 is 4.74 Å². The monoisotopic (exact) mass is 171 g/mol. The Morgan fingerprint density at radius 3 is 1.83 bits per heavy atom. The minimum atomic E-state index is 0.0273. The summed E-state index contributed by atoms with van der Waals surface area (Å²) in [6.07, 6.45) is 0.290. The molecule has 0 spiro atoms. The van der Waals surface area contributed by atoms with Crippen LogP contribution in [0, 0.1) is 17.8 Å². The Kier molecular flexibility index (Phi) is 3.77. The molecule has 1 unspecified atom stereocenters. The lowest BCUT2D eigenvalue weighted by molar-refractivity contribution is -0.0307. The smallest absolute Gasteiger partial charge is 0.0595 e. The summed E-state index contributed by atoms with van der Waals surface area (Å²) in [6.45, 7) is 17.6. The highest BCUT2D eigenvalue weighted by Crippen LogP contribution is 2.24. The molecule has 1 heteroatoms. The summed E-state index contributed by atoms with van der Waals surface area (Å²) in [5, 5.41) is 0. The summed E-state index contributed by atoms with van der Waals surface area (Å²) >= 11 is 0. The molecule has 0 aromatic rings. The molecule has 0 aliphatic heterocycles. The van der Waals surface area contributed by atoms with Gasteiger partial charge in [0.05, 0.1) is 12.7 Å². The van der Waals surface area contributed by atoms with Gasteiger partial charge in [-0.1, -0.05) is 34.6 Å². The van der Waals surface area contributed by atoms with Gasteiger partial charge in [0.15, 0.2) is 0 Å². The van der Waals surface area contributed by atoms with Crippen molar-refractivity contribution in [2.24, 2.45) is 10.8 Å². The van der Waals surface area contributed by atoms with E-state index in [-0.39, 0.29) is 10.8 Å². The van der Waals surface area contributed by atoms with Crippen molar-refractivity contribution in [2.45, 2.75) is 47.6 Å². The molecular formula is C11H23O. The minimum absolute atomic E-state index is 0.0273. The first-order valence-corrected chi connectivity index (χ1v) is 4.60. The van der Waals surface area contributed by atoms with Crippen molar-refractivity contribution in [3.8, 4) is 0 Å². The molecular weight excluding hydrogens is 148 g/mol. The maximum Gasteiger partial charge on any atom is 0.0595 e. The summed E-state index contributed by atoms with van der Waals surface area (Å²) in [5.41, 5.74) is 0.255. The molecule has 0 aliphatic carbocycles. The molecule has 12 heavy (non-hydrogen) atoms. The number of hydrogen-bond acceptors (Lipinski definition) is 1. The van der Waals surface area contributed by atoms with E-state index in [0.717, 1.165) is 6.61 Å². The summed E-state index contributed by atoms with van der Waals surface area (Å²) in [6, 6.07) is 0. The molecule has 0 saturated carbocycles. The van der Waals surface area contributed by atoms with Crippen LogP contribution in [0.2, 0.25) is 0 Å². The van der Waals surface area contributed by atoms with Crippen LogP contribution < -0.4 is 0 Å². The molecule has 0 rings (SSSR count). The lowest BCUT2D eigenvalue weighted by Gasteiger charge is -2.30. The molecule has 0 saturated heterocycles. The fraction of sp³-hybridized carbons (Fsp3) is 0.909. The topological polar surface area (TPSA) is 9.23 Å². The van der Waals surface area contributed by atoms with Crippen molar-refractivity contribution >= 4 is 0 Å². The second-order valence-electron chi connectivity index (χ2n) is 5.48. The van der Waals surface area contributed by atoms with Gasteiger partial charge in [-0.05, 0) is 24.7 Å². The van der Waals surface area contributed by atoms with Gasteiger partial charge in [-0.3, -0.25) is 0 Å². The van der Waals surface area contributed by atoms with E-state index in [9.17, 15) is 0 Å². The van der Waals surface area contributed by atoms with E-state index in [1.54, 1.807) is 0 Å². The first kappa shape index (κ1) is 12.0. The normalized spacial score (nSPS) is 16.2. The summed E-state index contributed by atoms with van der Waals surface area (Å²) in [5.74, 6) is 0. The maximum atomic E-state index is 5.71. The van der Waals surface area contributed by atoms with Crippen LogP contribution >= 0.6 is 0 Å². The Bertz CT molecular complexity index is 125. The Morgan fingerprint density at radius 1 is 1.17 bits per heavy atom. The Balaban J connectivity index is 3.80. The first-order valence-electron chi connectivity index (χ1n) is 4.60. The SMILES string of the molecule is [CH2]C(C)(C)COC(C)C(C)(C)C. The van der Waals surface area contributed by atoms with Crippen LogP contribution in [-0.2, 0) is 4.74 Å². The Hall–Kier alpha value is -0.0400. The summed E-state index contributed by atoms with van der Waals surface area (Å²) in [7, 11) is 0. The van der Waals surface area contributed by atoms with E-state index in [1.807, 2.05) is 0 Å². The molecule has 1 atom stereocenters. The third-order valence-electron chi connectivity index (χ3n) is 1.94. The number of rotatable bonds is 3. The molecule has 0 bridgehead atoms. The fourth-order valence-corrected chi connectivity index (χ4v) is 0.601. The van der Waals surface area contributed by atoms with Crippen molar-refractivity contribution in [2.75, 3.05) is 6.61 Å². The van der Waals surface area contributed by atoms with Crippen LogP contribution in [-0.4, -0.2) is 12.7 Å². The lowest BCUT2D eigenvalue weighted by Crippen LogP contribution is -2.29. The maximum absolute atomic E-state index is 5.71. The first-order chi connectivity index (χ1) is 5.13. The highest BCUT2D eigenvalue weighted by Gasteiger charge is 2.22. The number of hydrogen-bond donors (Lipinski definition) is 0. The molecule has 0 heterocycles. The van der Waals surface area contributed by atoms with Gasteiger partial charge >= 0.3 is 0 Å². The van der Waals surface area contributed by atoms with Gasteiger partial charge in [-0.15, -0.1) is 0 Å². The number of ether oxygens (including phenoxy) is 1. The quantitative estimate of drug-likeness (QED) is 0.633. The van der Waals surface area contributed by atoms with Gasteiger partial charge in [0.25, 0.3) is 0 Å². The molecule has 0 aliphatic rings. The molecule has 73 valence electrons. The summed E-state index contributed by atoms with van der Waals surface area (Å²) in [4.78, 5) is 0. The highest BCUT2D eigenvalue weighted by atomic mass is 16.5. The van der Waals surface area contributed by atoms with E-state index in [2.05, 4.69) is 48.5 Å². The minimum Gasteiger partial charge on any atom is -0.377 e. The average Bonchev–Trinajstić information content (AvgIpc) is 1.78. The molecule has 0 N–H and O–H groups in total. The highest BCUT2D eigenvalue weighted by molar-refractivity contribution is 4.74. The molecule has 0 fully saturated rings. The van der Waals surface area contributed by atoms with Gasteiger partial charge in [0.2, 0.25) is 0 Å². The average molecular weight is 171 g/mol. The van der Waals surface area contributed by atoms with Gasteiger partial charge in [0, 0.05) is 0 Å². The van der Waals surface area contributed by atoms with Crippen molar-refractivity contribution in [1.29, 1.82) is 0 Å². The lowest BCUT2D eigenvalue weighted by atomic mass is 9.90. The van der Waals surface area contributed by atoms with E-state index >= 15 is 0 Å². The predicted octanol–water partition coefficient (Wildman–Crippen LogP) is 3.30. The molecule has 1 nitrogen and oxygen atoms in total. The van der Waals surface area contributed by atoms with Crippen LogP contribution in [0.5, 0.6) is 0 Å². The fourth-order valence-electron chi connectivity index (χ4n) is 0.601. The van der Waals surface area contributed by atoms with Crippen LogP contribution in [0.3, 0.4) is 0 Å². The van der Waals surface area contributed by atoms with E-state index in [1.165, 1.54) is 0 Å². The molecule has 0 amide bonds. The van der Waals surface area contributed by atoms with Crippen LogP contribution in [0.1, 0.15) is 41.5 Å². The largest absolute Gasteiger partial charge is 0.377 e. The zero-order valence-corrected chi connectivity index (χ0v) is 9.40. The molecule has 0 aromatic heterocycles. The van der Waals surface area contributed by atoms with Gasteiger partial charge in [0.1, 0.15) is 0 Å². The Morgan fingerprint density at radius 2 is 1.58 bits per heavy atom. The predicted molar refractivity (Wildman–Crippen MR) is 54.0 cm³/mol. The second kappa shape index (κ2) is 3.78. The summed E-state index contributed by atoms with van der Waals surface area (Å²) < 4.78 is 5.71. The van der Waals surface area contributed by atoms with Crippen LogP contribution in [0.4, 0.5) is 0 Å². The van der Waals surface area contributed by atoms with Gasteiger partial charge in [-0.25, -0.2) is 0 Å². The van der Waals surface area contributed by atoms with Crippen molar-refractivity contribution in [1.82, 2.24) is 0 Å². The van der Waals surface area contributed by atoms with Gasteiger partial charge in [-0.2, -0.15) is 0 Å². The molecule has 0 aromatic carbocycles. The van der Waals surface area contributed by atoms with Crippen LogP contribution in [0.15, 0.2) is 0 Å². The third-order valence-corrected chi connectivity index (χ3v) is 1.94. The molecule has 1 radical (unpaired) electrons. The van der Waals surface area contributed by atoms with Crippen molar-refractivity contribution in [3.05, 3.63) is 6.92 Å². The van der Waals surface area contributed by atoms with E-state index < -0.39 is 0 Å². The van der Waals surface area contributed by atoms with E-state index in [0.29, 0.717) is 6.10 Å².